The Morgan fingerprint density at radius 1 is 1.12 bits per heavy atom. The highest BCUT2D eigenvalue weighted by Crippen LogP contribution is 2.41. The van der Waals surface area contributed by atoms with Gasteiger partial charge in [-0.2, -0.15) is 13.2 Å². The summed E-state index contributed by atoms with van der Waals surface area (Å²) in [5, 5.41) is 1.01. The Morgan fingerprint density at radius 2 is 1.73 bits per heavy atom. The molecule has 1 N–H and O–H groups in total. The lowest BCUT2D eigenvalue weighted by Crippen LogP contribution is -2.44. The first-order valence-corrected chi connectivity index (χ1v) is 11.1. The third kappa shape index (κ3) is 6.22. The molecule has 1 saturated carbocycles. The fraction of sp³-hybridized carbons (Fsp3) is 0.304. The van der Waals surface area contributed by atoms with Crippen molar-refractivity contribution in [2.45, 2.75) is 31.9 Å². The van der Waals surface area contributed by atoms with Crippen LogP contribution < -0.4 is 5.43 Å². The van der Waals surface area contributed by atoms with E-state index in [9.17, 15) is 22.8 Å². The molecule has 2 aromatic carbocycles. The number of halogens is 6. The van der Waals surface area contributed by atoms with Crippen LogP contribution in [0.25, 0.3) is 6.08 Å². The Labute approximate surface area is 204 Å². The number of aryl methyl sites for hydroxylation is 1. The van der Waals surface area contributed by atoms with Crippen LogP contribution in [0.3, 0.4) is 0 Å². The average molecular weight is 520 g/mol. The molecule has 2 aromatic rings. The van der Waals surface area contributed by atoms with Crippen molar-refractivity contribution in [3.63, 3.8) is 0 Å². The van der Waals surface area contributed by atoms with E-state index < -0.39 is 18.0 Å². The van der Waals surface area contributed by atoms with Crippen LogP contribution in [0.5, 0.6) is 0 Å². The molecule has 0 aromatic heterocycles. The molecule has 0 radical (unpaired) electrons. The third-order valence-corrected chi connectivity index (χ3v) is 6.42. The summed E-state index contributed by atoms with van der Waals surface area (Å²) in [6, 6.07) is 6.88. The largest absolute Gasteiger partial charge is 0.399 e. The summed E-state index contributed by atoms with van der Waals surface area (Å²) >= 11 is 17.7. The summed E-state index contributed by atoms with van der Waals surface area (Å²) in [5.41, 5.74) is 3.70. The predicted octanol–water partition coefficient (Wildman–Crippen LogP) is 6.83. The maximum Gasteiger partial charge on any atom is 0.399 e. The summed E-state index contributed by atoms with van der Waals surface area (Å²) in [4.78, 5) is 24.5. The van der Waals surface area contributed by atoms with Crippen molar-refractivity contribution >= 4 is 52.7 Å². The first-order chi connectivity index (χ1) is 15.4. The molecule has 1 atom stereocenters. The Balaban J connectivity index is 1.80. The van der Waals surface area contributed by atoms with E-state index >= 15 is 0 Å². The normalized spacial score (nSPS) is 14.9. The van der Waals surface area contributed by atoms with E-state index in [1.807, 2.05) is 0 Å². The van der Waals surface area contributed by atoms with Crippen LogP contribution >= 0.6 is 34.8 Å². The second kappa shape index (κ2) is 9.95. The number of benzene rings is 2. The summed E-state index contributed by atoms with van der Waals surface area (Å²) in [7, 11) is 1.48. The van der Waals surface area contributed by atoms with Gasteiger partial charge < -0.3 is 0 Å². The van der Waals surface area contributed by atoms with Gasteiger partial charge in [-0.25, -0.2) is 0 Å². The minimum atomic E-state index is -4.59. The van der Waals surface area contributed by atoms with Gasteiger partial charge in [0.15, 0.2) is 0 Å². The first-order valence-electron chi connectivity index (χ1n) is 9.97. The van der Waals surface area contributed by atoms with Crippen LogP contribution in [0.15, 0.2) is 36.4 Å². The summed E-state index contributed by atoms with van der Waals surface area (Å²) in [6.07, 6.45) is -0.665. The number of allylic oxidation sites excluding steroid dienone is 1. The van der Waals surface area contributed by atoms with Crippen molar-refractivity contribution < 1.29 is 22.8 Å². The Kier molecular flexibility index (Phi) is 7.66. The van der Waals surface area contributed by atoms with E-state index in [1.165, 1.54) is 30.3 Å². The molecule has 1 unspecified atom stereocenters. The van der Waals surface area contributed by atoms with Crippen LogP contribution in [0.4, 0.5) is 13.2 Å². The lowest BCUT2D eigenvalue weighted by Gasteiger charge is -2.19. The number of nitrogens with zero attached hydrogens (tertiary/aromatic N) is 1. The van der Waals surface area contributed by atoms with Crippen molar-refractivity contribution in [2.75, 3.05) is 7.05 Å². The lowest BCUT2D eigenvalue weighted by molar-refractivity contribution is -0.139. The Hall–Kier alpha value is -2.22. The number of carbonyl (C=O) groups excluding carboxylic acids is 2. The minimum Gasteiger partial charge on any atom is -0.273 e. The average Bonchev–Trinajstić information content (AvgIpc) is 3.55. The molecular weight excluding hydrogens is 500 g/mol. The fourth-order valence-electron chi connectivity index (χ4n) is 3.29. The number of nitrogens with one attached hydrogen (secondary N) is 1. The molecule has 1 fully saturated rings. The molecule has 0 bridgehead atoms. The number of hydrogen-bond donors (Lipinski definition) is 1. The van der Waals surface area contributed by atoms with E-state index in [0.717, 1.165) is 31.1 Å². The van der Waals surface area contributed by atoms with Crippen molar-refractivity contribution in [2.24, 2.45) is 5.92 Å². The summed E-state index contributed by atoms with van der Waals surface area (Å²) < 4.78 is 41.1. The summed E-state index contributed by atoms with van der Waals surface area (Å²) in [6.45, 7) is 1.66. The van der Waals surface area contributed by atoms with Gasteiger partial charge in [0.25, 0.3) is 5.91 Å². The third-order valence-electron chi connectivity index (χ3n) is 5.22. The predicted molar refractivity (Wildman–Crippen MR) is 123 cm³/mol. The van der Waals surface area contributed by atoms with Crippen LogP contribution in [0.1, 0.15) is 45.8 Å². The van der Waals surface area contributed by atoms with Gasteiger partial charge in [-0.1, -0.05) is 59.1 Å². The van der Waals surface area contributed by atoms with Gasteiger partial charge in [-0.15, -0.1) is 0 Å². The molecular formula is C23H20Cl3F3N2O2. The fourth-order valence-corrected chi connectivity index (χ4v) is 3.90. The van der Waals surface area contributed by atoms with Crippen molar-refractivity contribution in [3.05, 3.63) is 73.7 Å². The molecule has 10 heteroatoms. The second-order valence-corrected chi connectivity index (χ2v) is 9.06. The maximum absolute atomic E-state index is 13.7. The molecule has 0 saturated heterocycles. The summed E-state index contributed by atoms with van der Waals surface area (Å²) in [5.74, 6) is -2.63. The molecule has 0 heterocycles. The van der Waals surface area contributed by atoms with E-state index in [-0.39, 0.29) is 32.5 Å². The van der Waals surface area contributed by atoms with Crippen LogP contribution in [-0.4, -0.2) is 30.0 Å². The number of carbonyl (C=O) groups is 2. The zero-order valence-corrected chi connectivity index (χ0v) is 19.9. The van der Waals surface area contributed by atoms with Gasteiger partial charge in [0.05, 0.1) is 21.0 Å². The molecule has 3 rings (SSSR count). The van der Waals surface area contributed by atoms with E-state index in [4.69, 9.17) is 34.8 Å². The van der Waals surface area contributed by atoms with Gasteiger partial charge in [0.1, 0.15) is 0 Å². The SMILES string of the molecule is Cc1cc(/C=C/C(c2cc(Cl)c(Cl)c(Cl)c2)C(F)(F)F)ccc1C(=O)NN(C)C(=O)C1CC1. The number of hydrogen-bond acceptors (Lipinski definition) is 2. The Morgan fingerprint density at radius 3 is 2.24 bits per heavy atom. The van der Waals surface area contributed by atoms with E-state index in [1.54, 1.807) is 13.0 Å². The molecule has 1 aliphatic carbocycles. The van der Waals surface area contributed by atoms with Crippen molar-refractivity contribution in [1.82, 2.24) is 10.4 Å². The number of alkyl halides is 3. The van der Waals surface area contributed by atoms with Crippen LogP contribution in [-0.2, 0) is 4.79 Å². The lowest BCUT2D eigenvalue weighted by atomic mass is 9.96. The highest BCUT2D eigenvalue weighted by Gasteiger charge is 2.39. The van der Waals surface area contributed by atoms with Gasteiger partial charge in [0, 0.05) is 18.5 Å². The molecule has 176 valence electrons. The monoisotopic (exact) mass is 518 g/mol. The molecule has 0 aliphatic heterocycles. The zero-order chi connectivity index (χ0) is 24.5. The quantitative estimate of drug-likeness (QED) is 0.348. The minimum absolute atomic E-state index is 0.0130. The van der Waals surface area contributed by atoms with Crippen LogP contribution in [0.2, 0.25) is 15.1 Å². The van der Waals surface area contributed by atoms with Gasteiger partial charge in [-0.05, 0) is 54.7 Å². The smallest absolute Gasteiger partial charge is 0.273 e. The number of rotatable bonds is 5. The second-order valence-electron chi connectivity index (χ2n) is 7.86. The molecule has 1 aliphatic rings. The maximum atomic E-state index is 13.7. The van der Waals surface area contributed by atoms with Gasteiger partial charge in [0.2, 0.25) is 5.91 Å². The molecule has 4 nitrogen and oxygen atoms in total. The molecule has 0 spiro atoms. The van der Waals surface area contributed by atoms with Crippen molar-refractivity contribution in [1.29, 1.82) is 0 Å². The van der Waals surface area contributed by atoms with Gasteiger partial charge >= 0.3 is 6.18 Å². The van der Waals surface area contributed by atoms with Crippen LogP contribution in [0, 0.1) is 12.8 Å². The topological polar surface area (TPSA) is 49.4 Å². The van der Waals surface area contributed by atoms with E-state index in [0.29, 0.717) is 16.7 Å². The van der Waals surface area contributed by atoms with E-state index in [2.05, 4.69) is 5.43 Å². The standard InChI is InChI=1S/C23H20Cl3F3N2O2/c1-12-9-13(3-7-16(12)21(32)30-31(2)22(33)14-5-6-14)4-8-17(23(27,28)29)15-10-18(24)20(26)19(25)11-15/h3-4,7-11,14,17H,5-6H2,1-2H3,(H,30,32)/b8-4+. The number of amides is 2. The van der Waals surface area contributed by atoms with Crippen molar-refractivity contribution in [3.8, 4) is 0 Å². The highest BCUT2D eigenvalue weighted by molar-refractivity contribution is 6.48. The van der Waals surface area contributed by atoms with Gasteiger partial charge in [-0.3, -0.25) is 20.0 Å². The highest BCUT2D eigenvalue weighted by atomic mass is 35.5. The number of hydrazine groups is 1. The molecule has 33 heavy (non-hydrogen) atoms. The zero-order valence-electron chi connectivity index (χ0n) is 17.6. The first kappa shape index (κ1) is 25.4. The molecule has 2 amide bonds. The Bertz CT molecular complexity index is 1090.